The Bertz CT molecular complexity index is 1110. The highest BCUT2D eigenvalue weighted by Gasteiger charge is 2.40. The molecule has 32 heavy (non-hydrogen) atoms. The summed E-state index contributed by atoms with van der Waals surface area (Å²) in [5.74, 6) is 0.617. The summed E-state index contributed by atoms with van der Waals surface area (Å²) in [6, 6.07) is 16.6. The summed E-state index contributed by atoms with van der Waals surface area (Å²) in [7, 11) is 0. The van der Waals surface area contributed by atoms with Crippen LogP contribution in [0.25, 0.3) is 5.70 Å². The Morgan fingerprint density at radius 2 is 1.81 bits per heavy atom. The van der Waals surface area contributed by atoms with Gasteiger partial charge in [0, 0.05) is 29.4 Å². The van der Waals surface area contributed by atoms with Gasteiger partial charge in [-0.25, -0.2) is 0 Å². The van der Waals surface area contributed by atoms with Gasteiger partial charge in [0.2, 0.25) is 0 Å². The van der Waals surface area contributed by atoms with E-state index in [9.17, 15) is 0 Å². The first kappa shape index (κ1) is 21.1. The van der Waals surface area contributed by atoms with Crippen molar-refractivity contribution in [2.24, 2.45) is 0 Å². The molecule has 2 atom stereocenters. The van der Waals surface area contributed by atoms with Crippen LogP contribution >= 0.6 is 0 Å². The molecule has 0 bridgehead atoms. The molecule has 1 aliphatic carbocycles. The minimum atomic E-state index is 0.555. The van der Waals surface area contributed by atoms with Crippen molar-refractivity contribution < 1.29 is 0 Å². The number of allylic oxidation sites excluding steroid dienone is 4. The third-order valence-corrected chi connectivity index (χ3v) is 7.70. The van der Waals surface area contributed by atoms with Crippen molar-refractivity contribution in [3.05, 3.63) is 112 Å². The number of rotatable bonds is 5. The monoisotopic (exact) mass is 421 g/mol. The second kappa shape index (κ2) is 8.62. The first-order valence-corrected chi connectivity index (χ1v) is 12.3. The SMILES string of the molecule is C=C(C)C1=CN2C(=CC1=C)c1cc(CC)c(CCc3ccccc3)cc1C1CCCCC12. The van der Waals surface area contributed by atoms with Gasteiger partial charge >= 0.3 is 0 Å². The topological polar surface area (TPSA) is 3.24 Å². The van der Waals surface area contributed by atoms with Crippen molar-refractivity contribution in [3.8, 4) is 0 Å². The summed E-state index contributed by atoms with van der Waals surface area (Å²) in [4.78, 5) is 2.58. The van der Waals surface area contributed by atoms with E-state index in [0.29, 0.717) is 12.0 Å². The second-order valence-corrected chi connectivity index (χ2v) is 9.79. The van der Waals surface area contributed by atoms with Crippen LogP contribution < -0.4 is 0 Å². The van der Waals surface area contributed by atoms with Crippen LogP contribution in [0.1, 0.15) is 73.3 Å². The maximum Gasteiger partial charge on any atom is 0.0491 e. The van der Waals surface area contributed by atoms with E-state index in [2.05, 4.69) is 86.6 Å². The van der Waals surface area contributed by atoms with Gasteiger partial charge in [-0.2, -0.15) is 0 Å². The lowest BCUT2D eigenvalue weighted by Crippen LogP contribution is -2.42. The molecule has 3 aliphatic rings. The van der Waals surface area contributed by atoms with Gasteiger partial charge < -0.3 is 4.90 Å². The van der Waals surface area contributed by atoms with E-state index in [1.165, 1.54) is 53.6 Å². The van der Waals surface area contributed by atoms with Gasteiger partial charge in [-0.05, 0) is 90.1 Å². The van der Waals surface area contributed by atoms with Gasteiger partial charge in [0.15, 0.2) is 0 Å². The largest absolute Gasteiger partial charge is 0.343 e. The van der Waals surface area contributed by atoms with E-state index >= 15 is 0 Å². The summed E-state index contributed by atoms with van der Waals surface area (Å²) in [6.07, 6.45) is 13.2. The van der Waals surface area contributed by atoms with Gasteiger partial charge in [-0.1, -0.05) is 69.3 Å². The summed E-state index contributed by atoms with van der Waals surface area (Å²) in [5.41, 5.74) is 12.2. The molecule has 2 heterocycles. The molecule has 0 amide bonds. The van der Waals surface area contributed by atoms with E-state index in [1.54, 1.807) is 11.1 Å². The fourth-order valence-electron chi connectivity index (χ4n) is 6.01. The average Bonchev–Trinajstić information content (AvgIpc) is 2.82. The minimum absolute atomic E-state index is 0.555. The van der Waals surface area contributed by atoms with Crippen LogP contribution in [0, 0.1) is 0 Å². The smallest absolute Gasteiger partial charge is 0.0491 e. The molecule has 0 radical (unpaired) electrons. The Kier molecular flexibility index (Phi) is 5.67. The highest BCUT2D eigenvalue weighted by atomic mass is 15.2. The molecule has 0 aromatic heterocycles. The average molecular weight is 422 g/mol. The molecule has 2 aromatic rings. The zero-order chi connectivity index (χ0) is 22.2. The molecule has 1 nitrogen and oxygen atoms in total. The van der Waals surface area contributed by atoms with Crippen molar-refractivity contribution in [1.82, 2.24) is 4.90 Å². The quantitative estimate of drug-likeness (QED) is 0.477. The lowest BCUT2D eigenvalue weighted by Gasteiger charge is -2.48. The number of aryl methyl sites for hydroxylation is 3. The van der Waals surface area contributed by atoms with Crippen molar-refractivity contribution in [2.75, 3.05) is 0 Å². The van der Waals surface area contributed by atoms with E-state index in [4.69, 9.17) is 0 Å². The predicted molar refractivity (Wildman–Crippen MR) is 137 cm³/mol. The number of nitrogens with zero attached hydrogens (tertiary/aromatic N) is 1. The minimum Gasteiger partial charge on any atom is -0.343 e. The Balaban J connectivity index is 1.58. The Morgan fingerprint density at radius 3 is 2.56 bits per heavy atom. The van der Waals surface area contributed by atoms with Gasteiger partial charge in [-0.15, -0.1) is 0 Å². The lowest BCUT2D eigenvalue weighted by atomic mass is 9.72. The molecule has 5 rings (SSSR count). The van der Waals surface area contributed by atoms with Crippen LogP contribution in [-0.4, -0.2) is 10.9 Å². The van der Waals surface area contributed by atoms with Crippen molar-refractivity contribution in [3.63, 3.8) is 0 Å². The molecular weight excluding hydrogens is 386 g/mol. The van der Waals surface area contributed by atoms with Crippen molar-refractivity contribution in [1.29, 1.82) is 0 Å². The highest BCUT2D eigenvalue weighted by molar-refractivity contribution is 5.78. The first-order chi connectivity index (χ1) is 15.6. The molecule has 2 aromatic carbocycles. The fourth-order valence-corrected chi connectivity index (χ4v) is 6.01. The molecule has 2 aliphatic heterocycles. The van der Waals surface area contributed by atoms with Crippen LogP contribution in [0.3, 0.4) is 0 Å². The van der Waals surface area contributed by atoms with Gasteiger partial charge in [0.25, 0.3) is 0 Å². The third-order valence-electron chi connectivity index (χ3n) is 7.70. The molecule has 1 saturated carbocycles. The maximum absolute atomic E-state index is 4.38. The number of hydrogen-bond acceptors (Lipinski definition) is 1. The summed E-state index contributed by atoms with van der Waals surface area (Å²) in [6.45, 7) is 13.0. The highest BCUT2D eigenvalue weighted by Crippen LogP contribution is 2.49. The molecule has 0 saturated heterocycles. The molecule has 1 fully saturated rings. The maximum atomic E-state index is 4.38. The molecule has 2 unspecified atom stereocenters. The van der Waals surface area contributed by atoms with E-state index < -0.39 is 0 Å². The molecule has 164 valence electrons. The van der Waals surface area contributed by atoms with Crippen LogP contribution in [0.15, 0.2) is 84.6 Å². The standard InChI is InChI=1S/C31H35N/c1-5-24-18-28-27(19-25(24)16-15-23-11-7-6-8-12-23)26-13-9-10-14-30(26)32-20-29(21(2)3)22(4)17-31(28)32/h6-8,11-12,17-20,26,30H,2,4-5,9-10,13-16H2,1,3H3. The zero-order valence-electron chi connectivity index (χ0n) is 19.7. The Labute approximate surface area is 193 Å². The zero-order valence-corrected chi connectivity index (χ0v) is 19.7. The normalized spacial score (nSPS) is 21.8. The van der Waals surface area contributed by atoms with Gasteiger partial charge in [0.05, 0.1) is 0 Å². The Hall–Kier alpha value is -2.80. The first-order valence-electron chi connectivity index (χ1n) is 12.3. The Morgan fingerprint density at radius 1 is 1.03 bits per heavy atom. The van der Waals surface area contributed by atoms with Crippen molar-refractivity contribution in [2.45, 2.75) is 70.8 Å². The van der Waals surface area contributed by atoms with E-state index in [1.807, 2.05) is 0 Å². The number of benzene rings is 2. The van der Waals surface area contributed by atoms with Crippen LogP contribution in [-0.2, 0) is 19.3 Å². The van der Waals surface area contributed by atoms with E-state index in [-0.39, 0.29) is 0 Å². The van der Waals surface area contributed by atoms with Crippen molar-refractivity contribution >= 4 is 5.70 Å². The van der Waals surface area contributed by atoms with Gasteiger partial charge in [-0.3, -0.25) is 0 Å². The van der Waals surface area contributed by atoms with Crippen LogP contribution in [0.2, 0.25) is 0 Å². The number of hydrogen-bond donors (Lipinski definition) is 0. The second-order valence-electron chi connectivity index (χ2n) is 9.79. The lowest BCUT2D eigenvalue weighted by molar-refractivity contribution is 0.239. The van der Waals surface area contributed by atoms with Crippen LogP contribution in [0.4, 0.5) is 0 Å². The number of fused-ring (bicyclic) bond motifs is 6. The van der Waals surface area contributed by atoms with Crippen LogP contribution in [0.5, 0.6) is 0 Å². The molecule has 0 N–H and O–H groups in total. The van der Waals surface area contributed by atoms with E-state index in [0.717, 1.165) is 30.4 Å². The summed E-state index contributed by atoms with van der Waals surface area (Å²) in [5, 5.41) is 0. The molecule has 0 spiro atoms. The summed E-state index contributed by atoms with van der Waals surface area (Å²) < 4.78 is 0. The predicted octanol–water partition coefficient (Wildman–Crippen LogP) is 7.75. The summed E-state index contributed by atoms with van der Waals surface area (Å²) >= 11 is 0. The fraction of sp³-hybridized carbons (Fsp3) is 0.355. The molecule has 1 heteroatoms. The third kappa shape index (κ3) is 3.68. The van der Waals surface area contributed by atoms with Gasteiger partial charge in [0.1, 0.15) is 0 Å². The molecular formula is C31H35N.